The van der Waals surface area contributed by atoms with Crippen molar-refractivity contribution in [2.75, 3.05) is 5.43 Å². The lowest BCUT2D eigenvalue weighted by Gasteiger charge is -2.11. The molecule has 0 aliphatic heterocycles. The fourth-order valence-electron chi connectivity index (χ4n) is 1.64. The second-order valence-corrected chi connectivity index (χ2v) is 3.97. The van der Waals surface area contributed by atoms with E-state index in [0.29, 0.717) is 29.4 Å². The third-order valence-electron chi connectivity index (χ3n) is 2.70. The summed E-state index contributed by atoms with van der Waals surface area (Å²) in [6.07, 6.45) is 3.58. The zero-order valence-electron chi connectivity index (χ0n) is 10.7. The molecular formula is C11H15N7O. The number of hydrazine groups is 1. The number of primary amides is 1. The van der Waals surface area contributed by atoms with Crippen LogP contribution in [-0.4, -0.2) is 25.7 Å². The van der Waals surface area contributed by atoms with Crippen LogP contribution in [0.1, 0.15) is 28.7 Å². The molecule has 2 aromatic heterocycles. The van der Waals surface area contributed by atoms with E-state index in [0.717, 1.165) is 5.56 Å². The first-order valence-corrected chi connectivity index (χ1v) is 5.75. The molecule has 0 bridgehead atoms. The van der Waals surface area contributed by atoms with E-state index in [2.05, 4.69) is 20.5 Å². The monoisotopic (exact) mass is 261 g/mol. The molecule has 1 amide bonds. The SMILES string of the molecule is CCc1nc(NN)c(C)c(-n2cc(C(N)=O)cn2)n1. The van der Waals surface area contributed by atoms with E-state index in [1.807, 2.05) is 13.8 Å². The van der Waals surface area contributed by atoms with Crippen molar-refractivity contribution in [1.82, 2.24) is 19.7 Å². The molecule has 0 saturated heterocycles. The van der Waals surface area contributed by atoms with E-state index in [1.165, 1.54) is 17.1 Å². The number of nitrogen functional groups attached to an aromatic ring is 1. The minimum Gasteiger partial charge on any atom is -0.366 e. The summed E-state index contributed by atoms with van der Waals surface area (Å²) >= 11 is 0. The molecule has 2 aromatic rings. The molecule has 0 aliphatic carbocycles. The van der Waals surface area contributed by atoms with Gasteiger partial charge < -0.3 is 11.2 Å². The maximum Gasteiger partial charge on any atom is 0.251 e. The van der Waals surface area contributed by atoms with Gasteiger partial charge in [0.05, 0.1) is 11.8 Å². The Morgan fingerprint density at radius 3 is 2.74 bits per heavy atom. The molecule has 0 unspecified atom stereocenters. The highest BCUT2D eigenvalue weighted by Gasteiger charge is 2.13. The van der Waals surface area contributed by atoms with E-state index in [9.17, 15) is 4.79 Å². The van der Waals surface area contributed by atoms with E-state index in [4.69, 9.17) is 11.6 Å². The number of aryl methyl sites for hydroxylation is 1. The number of aromatic nitrogens is 4. The molecule has 0 saturated carbocycles. The molecule has 100 valence electrons. The third-order valence-corrected chi connectivity index (χ3v) is 2.70. The van der Waals surface area contributed by atoms with Crippen LogP contribution in [0.3, 0.4) is 0 Å². The lowest BCUT2D eigenvalue weighted by Crippen LogP contribution is -2.15. The maximum atomic E-state index is 11.1. The normalized spacial score (nSPS) is 10.5. The van der Waals surface area contributed by atoms with Crippen molar-refractivity contribution in [3.8, 4) is 5.82 Å². The van der Waals surface area contributed by atoms with Crippen molar-refractivity contribution in [1.29, 1.82) is 0 Å². The summed E-state index contributed by atoms with van der Waals surface area (Å²) in [5.41, 5.74) is 8.78. The molecule has 5 N–H and O–H groups in total. The summed E-state index contributed by atoms with van der Waals surface area (Å²) in [6, 6.07) is 0. The van der Waals surface area contributed by atoms with Crippen LogP contribution < -0.4 is 17.0 Å². The highest BCUT2D eigenvalue weighted by atomic mass is 16.1. The van der Waals surface area contributed by atoms with Crippen LogP contribution in [-0.2, 0) is 6.42 Å². The maximum absolute atomic E-state index is 11.1. The molecule has 8 nitrogen and oxygen atoms in total. The van der Waals surface area contributed by atoms with E-state index >= 15 is 0 Å². The summed E-state index contributed by atoms with van der Waals surface area (Å²) in [7, 11) is 0. The Kier molecular flexibility index (Phi) is 3.43. The Morgan fingerprint density at radius 1 is 1.47 bits per heavy atom. The average molecular weight is 261 g/mol. The van der Waals surface area contributed by atoms with Crippen molar-refractivity contribution < 1.29 is 4.79 Å². The lowest BCUT2D eigenvalue weighted by molar-refractivity contribution is 0.100. The number of nitrogens with one attached hydrogen (secondary N) is 1. The van der Waals surface area contributed by atoms with Gasteiger partial charge in [-0.15, -0.1) is 0 Å². The number of anilines is 1. The second-order valence-electron chi connectivity index (χ2n) is 3.97. The quantitative estimate of drug-likeness (QED) is 0.522. The van der Waals surface area contributed by atoms with Crippen molar-refractivity contribution in [3.63, 3.8) is 0 Å². The Hall–Kier alpha value is -2.48. The van der Waals surface area contributed by atoms with Gasteiger partial charge in [-0.25, -0.2) is 20.5 Å². The summed E-state index contributed by atoms with van der Waals surface area (Å²) < 4.78 is 1.48. The van der Waals surface area contributed by atoms with E-state index in [-0.39, 0.29) is 0 Å². The number of nitrogens with two attached hydrogens (primary N) is 2. The van der Waals surface area contributed by atoms with Gasteiger partial charge in [0.2, 0.25) is 0 Å². The van der Waals surface area contributed by atoms with E-state index < -0.39 is 5.91 Å². The molecular weight excluding hydrogens is 246 g/mol. The fourth-order valence-corrected chi connectivity index (χ4v) is 1.64. The fraction of sp³-hybridized carbons (Fsp3) is 0.273. The van der Waals surface area contributed by atoms with Gasteiger partial charge in [0.1, 0.15) is 11.6 Å². The zero-order valence-corrected chi connectivity index (χ0v) is 10.7. The summed E-state index contributed by atoms with van der Waals surface area (Å²) in [5.74, 6) is 6.61. The first kappa shape index (κ1) is 13.0. The smallest absolute Gasteiger partial charge is 0.251 e. The predicted molar refractivity (Wildman–Crippen MR) is 69.6 cm³/mol. The molecule has 8 heteroatoms. The minimum atomic E-state index is -0.536. The first-order valence-electron chi connectivity index (χ1n) is 5.75. The van der Waals surface area contributed by atoms with Gasteiger partial charge in [0.25, 0.3) is 5.91 Å². The van der Waals surface area contributed by atoms with Crippen LogP contribution in [0.4, 0.5) is 5.82 Å². The highest BCUT2D eigenvalue weighted by molar-refractivity contribution is 5.92. The number of hydrogen-bond acceptors (Lipinski definition) is 6. The number of rotatable bonds is 4. The Balaban J connectivity index is 2.56. The largest absolute Gasteiger partial charge is 0.366 e. The molecule has 0 radical (unpaired) electrons. The molecule has 19 heavy (non-hydrogen) atoms. The number of amides is 1. The van der Waals surface area contributed by atoms with E-state index in [1.54, 1.807) is 0 Å². The summed E-state index contributed by atoms with van der Waals surface area (Å²) in [6.45, 7) is 3.75. The van der Waals surface area contributed by atoms with Crippen molar-refractivity contribution in [2.24, 2.45) is 11.6 Å². The number of hydrogen-bond donors (Lipinski definition) is 3. The van der Waals surface area contributed by atoms with Crippen molar-refractivity contribution >= 4 is 11.7 Å². The number of nitrogens with zero attached hydrogens (tertiary/aromatic N) is 4. The topological polar surface area (TPSA) is 125 Å². The van der Waals surface area contributed by atoms with Crippen LogP contribution in [0, 0.1) is 6.92 Å². The first-order chi connectivity index (χ1) is 9.06. The third kappa shape index (κ3) is 2.38. The van der Waals surface area contributed by atoms with Gasteiger partial charge in [-0.2, -0.15) is 5.10 Å². The van der Waals surface area contributed by atoms with Crippen LogP contribution in [0.25, 0.3) is 5.82 Å². The average Bonchev–Trinajstić information content (AvgIpc) is 2.88. The lowest BCUT2D eigenvalue weighted by atomic mass is 10.3. The van der Waals surface area contributed by atoms with Gasteiger partial charge >= 0.3 is 0 Å². The number of carbonyl (C=O) groups is 1. The Labute approximate surface area is 109 Å². The zero-order chi connectivity index (χ0) is 14.0. The highest BCUT2D eigenvalue weighted by Crippen LogP contribution is 2.18. The standard InChI is InChI=1S/C11H15N7O/c1-3-8-15-10(17-13)6(2)11(16-8)18-5-7(4-14-18)9(12)19/h4-5H,3,13H2,1-2H3,(H2,12,19)(H,15,16,17). The Bertz CT molecular complexity index is 620. The molecule has 0 spiro atoms. The number of carbonyl (C=O) groups excluding carboxylic acids is 1. The predicted octanol–water partition coefficient (Wildman–Crippen LogP) is -0.0824. The summed E-state index contributed by atoms with van der Waals surface area (Å²) in [5, 5.41) is 4.08. The minimum absolute atomic E-state index is 0.318. The second kappa shape index (κ2) is 5.02. The van der Waals surface area contributed by atoms with Gasteiger partial charge in [0, 0.05) is 18.2 Å². The van der Waals surface area contributed by atoms with Crippen molar-refractivity contribution in [2.45, 2.75) is 20.3 Å². The van der Waals surface area contributed by atoms with Crippen LogP contribution >= 0.6 is 0 Å². The van der Waals surface area contributed by atoms with Crippen LogP contribution in [0.2, 0.25) is 0 Å². The van der Waals surface area contributed by atoms with Crippen LogP contribution in [0.15, 0.2) is 12.4 Å². The molecule has 0 atom stereocenters. The van der Waals surface area contributed by atoms with Gasteiger partial charge in [0.15, 0.2) is 5.82 Å². The molecule has 2 heterocycles. The van der Waals surface area contributed by atoms with Gasteiger partial charge in [-0.05, 0) is 6.92 Å². The van der Waals surface area contributed by atoms with Crippen molar-refractivity contribution in [3.05, 3.63) is 29.3 Å². The summed E-state index contributed by atoms with van der Waals surface area (Å²) in [4.78, 5) is 19.7. The molecule has 0 fully saturated rings. The Morgan fingerprint density at radius 2 is 2.21 bits per heavy atom. The van der Waals surface area contributed by atoms with Gasteiger partial charge in [-0.1, -0.05) is 6.92 Å². The molecule has 0 aromatic carbocycles. The van der Waals surface area contributed by atoms with Crippen LogP contribution in [0.5, 0.6) is 0 Å². The van der Waals surface area contributed by atoms with Gasteiger partial charge in [-0.3, -0.25) is 4.79 Å². The molecule has 0 aliphatic rings. The molecule has 2 rings (SSSR count).